The lowest BCUT2D eigenvalue weighted by Crippen LogP contribution is -1.95. The third-order valence-electron chi connectivity index (χ3n) is 7.37. The van der Waals surface area contributed by atoms with Crippen LogP contribution in [0.3, 0.4) is 0 Å². The topological polar surface area (TPSA) is 30.1 Å². The van der Waals surface area contributed by atoms with Gasteiger partial charge in [0.1, 0.15) is 5.58 Å². The molecule has 0 spiro atoms. The van der Waals surface area contributed by atoms with Gasteiger partial charge in [0.25, 0.3) is 0 Å². The highest BCUT2D eigenvalue weighted by Crippen LogP contribution is 2.38. The van der Waals surface area contributed by atoms with Gasteiger partial charge in [0.05, 0.1) is 16.7 Å². The van der Waals surface area contributed by atoms with E-state index in [-0.39, 0.29) is 0 Å². The summed E-state index contributed by atoms with van der Waals surface area (Å²) in [5.74, 6) is 0. The molecule has 0 radical (unpaired) electrons. The van der Waals surface area contributed by atoms with Crippen molar-refractivity contribution in [2.45, 2.75) is 0 Å². The maximum absolute atomic E-state index is 6.38. The minimum absolute atomic E-state index is 0.875. The van der Waals surface area contributed by atoms with E-state index in [0.717, 1.165) is 33.6 Å². The highest BCUT2D eigenvalue weighted by Gasteiger charge is 2.14. The van der Waals surface area contributed by atoms with Crippen molar-refractivity contribution in [1.82, 2.24) is 4.57 Å². The maximum Gasteiger partial charge on any atom is 0.158 e. The van der Waals surface area contributed by atoms with Crippen molar-refractivity contribution in [2.24, 2.45) is 0 Å². The van der Waals surface area contributed by atoms with Gasteiger partial charge in [-0.25, -0.2) is 0 Å². The molecule has 0 atom stereocenters. The molecule has 6 aromatic carbocycles. The summed E-state index contributed by atoms with van der Waals surface area (Å²) in [6.45, 7) is 0. The number of benzene rings is 6. The third kappa shape index (κ3) is 3.01. The fraction of sp³-hybridized carbons (Fsp3) is 0. The minimum atomic E-state index is 0.875. The van der Waals surface area contributed by atoms with Crippen LogP contribution in [0.4, 0.5) is 11.4 Å². The van der Waals surface area contributed by atoms with Gasteiger partial charge in [-0.05, 0) is 59.3 Å². The predicted octanol–water partition coefficient (Wildman–Crippen LogP) is 9.58. The van der Waals surface area contributed by atoms with Crippen LogP contribution in [0.15, 0.2) is 132 Å². The summed E-state index contributed by atoms with van der Waals surface area (Å²) in [6.07, 6.45) is 0. The lowest BCUT2D eigenvalue weighted by molar-refractivity contribution is 0.670. The van der Waals surface area contributed by atoms with Gasteiger partial charge in [-0.2, -0.15) is 0 Å². The van der Waals surface area contributed by atoms with Gasteiger partial charge < -0.3 is 14.3 Å². The van der Waals surface area contributed by atoms with E-state index >= 15 is 0 Å². The van der Waals surface area contributed by atoms with Crippen LogP contribution in [-0.2, 0) is 0 Å². The van der Waals surface area contributed by atoms with Crippen molar-refractivity contribution in [3.8, 4) is 5.69 Å². The SMILES string of the molecule is c1ccc2c(c1)ccc1oc3c(Nc4ccc(-n5c6ccccc6c6ccccc65)cc4)cccc3c12. The van der Waals surface area contributed by atoms with Gasteiger partial charge in [0.15, 0.2) is 5.58 Å². The van der Waals surface area contributed by atoms with Crippen molar-refractivity contribution in [2.75, 3.05) is 5.32 Å². The number of aromatic nitrogens is 1. The molecule has 0 fully saturated rings. The van der Waals surface area contributed by atoms with Gasteiger partial charge in [-0.15, -0.1) is 0 Å². The molecular weight excluding hydrogens is 452 g/mol. The van der Waals surface area contributed by atoms with Gasteiger partial charge in [0, 0.05) is 32.9 Å². The molecule has 2 heterocycles. The third-order valence-corrected chi connectivity index (χ3v) is 7.37. The molecule has 37 heavy (non-hydrogen) atoms. The average Bonchev–Trinajstić information content (AvgIpc) is 3.51. The largest absolute Gasteiger partial charge is 0.454 e. The summed E-state index contributed by atoms with van der Waals surface area (Å²) >= 11 is 0. The highest BCUT2D eigenvalue weighted by atomic mass is 16.3. The highest BCUT2D eigenvalue weighted by molar-refractivity contribution is 6.20. The lowest BCUT2D eigenvalue weighted by Gasteiger charge is -2.11. The molecule has 0 aliphatic heterocycles. The van der Waals surface area contributed by atoms with Crippen LogP contribution in [0, 0.1) is 0 Å². The zero-order chi connectivity index (χ0) is 24.3. The second-order valence-electron chi connectivity index (χ2n) is 9.49. The Morgan fingerprint density at radius 3 is 1.92 bits per heavy atom. The fourth-order valence-corrected chi connectivity index (χ4v) is 5.72. The van der Waals surface area contributed by atoms with E-state index in [1.165, 1.54) is 38.0 Å². The first-order valence-corrected chi connectivity index (χ1v) is 12.5. The van der Waals surface area contributed by atoms with Gasteiger partial charge in [-0.1, -0.05) is 78.9 Å². The molecule has 0 saturated carbocycles. The molecule has 1 N–H and O–H groups in total. The summed E-state index contributed by atoms with van der Waals surface area (Å²) in [5.41, 5.74) is 7.32. The van der Waals surface area contributed by atoms with Crippen molar-refractivity contribution in [3.05, 3.63) is 127 Å². The Hall–Kier alpha value is -5.02. The molecule has 8 rings (SSSR count). The Kier molecular flexibility index (Phi) is 4.23. The first-order valence-electron chi connectivity index (χ1n) is 12.5. The molecule has 3 heteroatoms. The molecule has 0 amide bonds. The van der Waals surface area contributed by atoms with Crippen LogP contribution in [0.5, 0.6) is 0 Å². The number of para-hydroxylation sites is 3. The van der Waals surface area contributed by atoms with E-state index in [2.05, 4.69) is 137 Å². The average molecular weight is 475 g/mol. The van der Waals surface area contributed by atoms with Gasteiger partial charge in [-0.3, -0.25) is 0 Å². The molecule has 0 saturated heterocycles. The Labute approximate surface area is 213 Å². The maximum atomic E-state index is 6.38. The normalized spacial score (nSPS) is 11.8. The van der Waals surface area contributed by atoms with Gasteiger partial charge in [0.2, 0.25) is 0 Å². The summed E-state index contributed by atoms with van der Waals surface area (Å²) in [6, 6.07) is 44.8. The molecule has 3 nitrogen and oxygen atoms in total. The predicted molar refractivity (Wildman–Crippen MR) is 155 cm³/mol. The van der Waals surface area contributed by atoms with Crippen LogP contribution in [-0.4, -0.2) is 4.57 Å². The Morgan fingerprint density at radius 2 is 1.16 bits per heavy atom. The van der Waals surface area contributed by atoms with E-state index in [4.69, 9.17) is 4.42 Å². The van der Waals surface area contributed by atoms with Crippen LogP contribution in [0.1, 0.15) is 0 Å². The molecule has 0 bridgehead atoms. The van der Waals surface area contributed by atoms with E-state index in [1.54, 1.807) is 0 Å². The number of hydrogen-bond donors (Lipinski definition) is 1. The molecule has 174 valence electrons. The summed E-state index contributed by atoms with van der Waals surface area (Å²) in [4.78, 5) is 0. The molecule has 0 unspecified atom stereocenters. The quantitative estimate of drug-likeness (QED) is 0.276. The van der Waals surface area contributed by atoms with E-state index in [0.29, 0.717) is 0 Å². The van der Waals surface area contributed by atoms with Crippen LogP contribution in [0.25, 0.3) is 60.2 Å². The molecule has 8 aromatic rings. The Balaban J connectivity index is 1.22. The number of nitrogens with one attached hydrogen (secondary N) is 1. The fourth-order valence-electron chi connectivity index (χ4n) is 5.72. The van der Waals surface area contributed by atoms with E-state index in [1.807, 2.05) is 0 Å². The van der Waals surface area contributed by atoms with Crippen molar-refractivity contribution >= 4 is 65.9 Å². The number of nitrogens with zero attached hydrogens (tertiary/aromatic N) is 1. The van der Waals surface area contributed by atoms with Gasteiger partial charge >= 0.3 is 0 Å². The number of furan rings is 1. The first kappa shape index (κ1) is 20.2. The van der Waals surface area contributed by atoms with E-state index < -0.39 is 0 Å². The molecule has 2 aromatic heterocycles. The zero-order valence-corrected chi connectivity index (χ0v) is 20.0. The van der Waals surface area contributed by atoms with Crippen LogP contribution in [0.2, 0.25) is 0 Å². The summed E-state index contributed by atoms with van der Waals surface area (Å²) in [7, 11) is 0. The Morgan fingerprint density at radius 1 is 0.514 bits per heavy atom. The van der Waals surface area contributed by atoms with Crippen molar-refractivity contribution < 1.29 is 4.42 Å². The number of rotatable bonds is 3. The molecule has 0 aliphatic carbocycles. The smallest absolute Gasteiger partial charge is 0.158 e. The minimum Gasteiger partial charge on any atom is -0.454 e. The summed E-state index contributed by atoms with van der Waals surface area (Å²) in [5, 5.41) is 10.9. The second kappa shape index (κ2) is 7.74. The number of hydrogen-bond acceptors (Lipinski definition) is 2. The lowest BCUT2D eigenvalue weighted by atomic mass is 10.0. The zero-order valence-electron chi connectivity index (χ0n) is 20.0. The molecular formula is C34H22N2O. The van der Waals surface area contributed by atoms with E-state index in [9.17, 15) is 0 Å². The molecule has 0 aliphatic rings. The van der Waals surface area contributed by atoms with Crippen molar-refractivity contribution in [1.29, 1.82) is 0 Å². The monoisotopic (exact) mass is 474 g/mol. The van der Waals surface area contributed by atoms with Crippen LogP contribution >= 0.6 is 0 Å². The summed E-state index contributed by atoms with van der Waals surface area (Å²) < 4.78 is 8.71. The number of anilines is 2. The standard InChI is InChI=1S/C34H22N2O/c1-2-9-25-22(8-1)16-21-32-33(25)28-12-7-13-29(34(28)37-32)35-23-17-19-24(20-18-23)36-30-14-5-3-10-26(30)27-11-4-6-15-31(27)36/h1-21,35H. The second-order valence-corrected chi connectivity index (χ2v) is 9.49. The number of fused-ring (bicyclic) bond motifs is 8. The Bertz CT molecular complexity index is 2060. The first-order chi connectivity index (χ1) is 18.3. The van der Waals surface area contributed by atoms with Crippen molar-refractivity contribution in [3.63, 3.8) is 0 Å². The van der Waals surface area contributed by atoms with Crippen LogP contribution < -0.4 is 5.32 Å².